The zero-order chi connectivity index (χ0) is 10.4. The molecule has 1 aromatic rings. The molecule has 1 aromatic carbocycles. The highest BCUT2D eigenvalue weighted by Gasteiger charge is 2.14. The third kappa shape index (κ3) is 2.91. The van der Waals surface area contributed by atoms with Gasteiger partial charge in [-0.3, -0.25) is 10.1 Å². The average Bonchev–Trinajstić information content (AvgIpc) is 2.07. The van der Waals surface area contributed by atoms with Crippen LogP contribution in [-0.2, 0) is 0 Å². The maximum Gasteiger partial charge on any atom is 0.310 e. The van der Waals surface area contributed by atoms with Gasteiger partial charge in [0, 0.05) is 0 Å². The molecule has 1 rings (SSSR count). The van der Waals surface area contributed by atoms with E-state index in [4.69, 9.17) is 17.3 Å². The number of rotatable bonds is 1. The summed E-state index contributed by atoms with van der Waals surface area (Å²) in [6.07, 6.45) is 0. The molecule has 0 radical (unpaired) electrons. The number of nitro groups is 1. The van der Waals surface area contributed by atoms with E-state index in [0.29, 0.717) is 0 Å². The van der Waals surface area contributed by atoms with E-state index in [9.17, 15) is 10.1 Å². The van der Waals surface area contributed by atoms with E-state index >= 15 is 0 Å². The second-order valence-electron chi connectivity index (χ2n) is 1.93. The van der Waals surface area contributed by atoms with E-state index in [0.717, 1.165) is 0 Å². The molecular weight excluding hydrogens is 192 g/mol. The minimum atomic E-state index is -0.600. The van der Waals surface area contributed by atoms with Gasteiger partial charge >= 0.3 is 5.69 Å². The lowest BCUT2D eigenvalue weighted by Crippen LogP contribution is -1.95. The second kappa shape index (κ2) is 5.37. The molecule has 4 nitrogen and oxygen atoms in total. The van der Waals surface area contributed by atoms with Gasteiger partial charge in [-0.2, -0.15) is 0 Å². The average molecular weight is 203 g/mol. The fourth-order valence-electron chi connectivity index (χ4n) is 0.725. The summed E-state index contributed by atoms with van der Waals surface area (Å²) in [5.41, 5.74) is 5.15. The van der Waals surface area contributed by atoms with Gasteiger partial charge in [0.2, 0.25) is 0 Å². The third-order valence-corrected chi connectivity index (χ3v) is 1.51. The number of para-hydroxylation sites is 1. The van der Waals surface area contributed by atoms with E-state index in [1.165, 1.54) is 12.1 Å². The molecule has 0 unspecified atom stereocenters. The lowest BCUT2D eigenvalue weighted by molar-refractivity contribution is -0.383. The number of hydrogen-bond donors (Lipinski definition) is 1. The number of nitro benzene ring substituents is 1. The maximum atomic E-state index is 10.3. The van der Waals surface area contributed by atoms with Crippen molar-refractivity contribution in [2.45, 2.75) is 13.8 Å². The van der Waals surface area contributed by atoms with Crippen LogP contribution in [0.1, 0.15) is 13.8 Å². The smallest absolute Gasteiger partial charge is 0.310 e. The van der Waals surface area contributed by atoms with Crippen molar-refractivity contribution in [3.63, 3.8) is 0 Å². The normalized spacial score (nSPS) is 8.54. The van der Waals surface area contributed by atoms with Gasteiger partial charge in [-0.15, -0.1) is 0 Å². The second-order valence-corrected chi connectivity index (χ2v) is 2.34. The zero-order valence-corrected chi connectivity index (χ0v) is 8.21. The predicted molar refractivity (Wildman–Crippen MR) is 53.9 cm³/mol. The molecule has 0 saturated heterocycles. The zero-order valence-electron chi connectivity index (χ0n) is 7.45. The summed E-state index contributed by atoms with van der Waals surface area (Å²) in [5.74, 6) is 0. The summed E-state index contributed by atoms with van der Waals surface area (Å²) in [7, 11) is 0. The Morgan fingerprint density at radius 3 is 2.31 bits per heavy atom. The van der Waals surface area contributed by atoms with E-state index in [1.54, 1.807) is 6.07 Å². The molecule has 0 fully saturated rings. The summed E-state index contributed by atoms with van der Waals surface area (Å²) in [6, 6.07) is 4.42. The van der Waals surface area contributed by atoms with Crippen molar-refractivity contribution in [3.05, 3.63) is 33.3 Å². The molecule has 13 heavy (non-hydrogen) atoms. The Kier molecular flexibility index (Phi) is 4.84. The molecule has 0 aliphatic heterocycles. The minimum absolute atomic E-state index is 0.0648. The maximum absolute atomic E-state index is 10.3. The van der Waals surface area contributed by atoms with Gasteiger partial charge in [0.05, 0.1) is 4.92 Å². The highest BCUT2D eigenvalue weighted by Crippen LogP contribution is 2.29. The first-order valence-electron chi connectivity index (χ1n) is 3.81. The largest absolute Gasteiger partial charge is 0.393 e. The molecule has 0 aliphatic carbocycles. The van der Waals surface area contributed by atoms with Crippen LogP contribution in [0.4, 0.5) is 11.4 Å². The van der Waals surface area contributed by atoms with Crippen molar-refractivity contribution in [1.29, 1.82) is 0 Å². The van der Waals surface area contributed by atoms with Crippen LogP contribution in [0.15, 0.2) is 18.2 Å². The van der Waals surface area contributed by atoms with Crippen molar-refractivity contribution in [3.8, 4) is 0 Å². The Labute approximate surface area is 81.5 Å². The summed E-state index contributed by atoms with van der Waals surface area (Å²) in [4.78, 5) is 9.68. The molecule has 0 saturated carbocycles. The number of nitrogen functional groups attached to an aromatic ring is 1. The van der Waals surface area contributed by atoms with Crippen LogP contribution in [0.2, 0.25) is 5.02 Å². The molecule has 2 N–H and O–H groups in total. The molecule has 0 aliphatic rings. The van der Waals surface area contributed by atoms with E-state index in [2.05, 4.69) is 0 Å². The Morgan fingerprint density at radius 1 is 1.46 bits per heavy atom. The first-order chi connectivity index (χ1) is 6.13. The highest BCUT2D eigenvalue weighted by atomic mass is 35.5. The molecule has 0 aromatic heterocycles. The molecule has 0 spiro atoms. The van der Waals surface area contributed by atoms with E-state index in [1.807, 2.05) is 13.8 Å². The Morgan fingerprint density at radius 2 is 2.00 bits per heavy atom. The molecule has 0 heterocycles. The minimum Gasteiger partial charge on any atom is -0.393 e. The number of anilines is 1. The van der Waals surface area contributed by atoms with Gasteiger partial charge < -0.3 is 5.73 Å². The monoisotopic (exact) mass is 202 g/mol. The Hall–Kier alpha value is -1.29. The van der Waals surface area contributed by atoms with Gasteiger partial charge in [-0.1, -0.05) is 31.5 Å². The molecule has 5 heteroatoms. The van der Waals surface area contributed by atoms with Crippen LogP contribution < -0.4 is 5.73 Å². The summed E-state index contributed by atoms with van der Waals surface area (Å²) in [5, 5.41) is 10.3. The van der Waals surface area contributed by atoms with Gasteiger partial charge in [0.1, 0.15) is 10.7 Å². The number of nitrogens with zero attached hydrogens (tertiary/aromatic N) is 1. The summed E-state index contributed by atoms with van der Waals surface area (Å²) >= 11 is 5.50. The van der Waals surface area contributed by atoms with Gasteiger partial charge in [-0.05, 0) is 12.1 Å². The number of benzene rings is 1. The molecular formula is C8H11ClN2O2. The quantitative estimate of drug-likeness (QED) is 0.433. The van der Waals surface area contributed by atoms with E-state index in [-0.39, 0.29) is 16.4 Å². The molecule has 0 amide bonds. The van der Waals surface area contributed by atoms with Crippen LogP contribution >= 0.6 is 11.6 Å². The summed E-state index contributed by atoms with van der Waals surface area (Å²) in [6.45, 7) is 4.00. The lowest BCUT2D eigenvalue weighted by atomic mass is 10.3. The summed E-state index contributed by atoms with van der Waals surface area (Å²) < 4.78 is 0. The van der Waals surface area contributed by atoms with Crippen LogP contribution in [0.5, 0.6) is 0 Å². The van der Waals surface area contributed by atoms with Crippen molar-refractivity contribution in [1.82, 2.24) is 0 Å². The lowest BCUT2D eigenvalue weighted by Gasteiger charge is -1.96. The Bertz CT molecular complexity index is 282. The topological polar surface area (TPSA) is 69.2 Å². The van der Waals surface area contributed by atoms with Crippen LogP contribution in [-0.4, -0.2) is 4.92 Å². The molecule has 0 bridgehead atoms. The van der Waals surface area contributed by atoms with Crippen molar-refractivity contribution >= 4 is 23.0 Å². The van der Waals surface area contributed by atoms with Crippen LogP contribution in [0, 0.1) is 10.1 Å². The molecule has 72 valence electrons. The van der Waals surface area contributed by atoms with Crippen LogP contribution in [0.25, 0.3) is 0 Å². The highest BCUT2D eigenvalue weighted by molar-refractivity contribution is 6.33. The predicted octanol–water partition coefficient (Wildman–Crippen LogP) is 2.86. The molecule has 0 atom stereocenters. The van der Waals surface area contributed by atoms with E-state index < -0.39 is 4.92 Å². The van der Waals surface area contributed by atoms with Gasteiger partial charge in [0.25, 0.3) is 0 Å². The fraction of sp³-hybridized carbons (Fsp3) is 0.250. The van der Waals surface area contributed by atoms with Crippen molar-refractivity contribution in [2.24, 2.45) is 0 Å². The van der Waals surface area contributed by atoms with Gasteiger partial charge in [-0.25, -0.2) is 0 Å². The van der Waals surface area contributed by atoms with Crippen molar-refractivity contribution in [2.75, 3.05) is 5.73 Å². The van der Waals surface area contributed by atoms with Crippen molar-refractivity contribution < 1.29 is 4.92 Å². The number of halogens is 1. The fourth-order valence-corrected chi connectivity index (χ4v) is 0.975. The first-order valence-corrected chi connectivity index (χ1v) is 4.19. The third-order valence-electron chi connectivity index (χ3n) is 1.20. The number of nitrogens with two attached hydrogens (primary N) is 1. The van der Waals surface area contributed by atoms with Crippen LogP contribution in [0.3, 0.4) is 0 Å². The standard InChI is InChI=1S/C6H5ClN2O2.C2H6/c7-4-2-1-3-5(8)6(4)9(10)11;1-2/h1-3H,8H2;1-2H3. The van der Waals surface area contributed by atoms with Gasteiger partial charge in [0.15, 0.2) is 0 Å². The number of hydrogen-bond acceptors (Lipinski definition) is 3. The first kappa shape index (κ1) is 11.7. The SMILES string of the molecule is CC.Nc1cccc(Cl)c1[N+](=O)[O-]. The Balaban J connectivity index is 0.000000671.